The largest absolute Gasteiger partial charge is 0.435 e. The SMILES string of the molecule is CC(NC(=O)Cn1ccc(C(F)(F)F)n1)c1nnc2n1CCC2. The monoisotopic (exact) mass is 328 g/mol. The second kappa shape index (κ2) is 5.67. The zero-order valence-electron chi connectivity index (χ0n) is 12.3. The Hall–Kier alpha value is -2.39. The van der Waals surface area contributed by atoms with Gasteiger partial charge in [0.1, 0.15) is 12.4 Å². The maximum absolute atomic E-state index is 12.5. The van der Waals surface area contributed by atoms with Gasteiger partial charge in [0.15, 0.2) is 11.5 Å². The zero-order chi connectivity index (χ0) is 16.6. The second-order valence-corrected chi connectivity index (χ2v) is 5.42. The van der Waals surface area contributed by atoms with Gasteiger partial charge in [0.2, 0.25) is 5.91 Å². The van der Waals surface area contributed by atoms with Gasteiger partial charge in [-0.05, 0) is 19.4 Å². The van der Waals surface area contributed by atoms with E-state index < -0.39 is 17.8 Å². The van der Waals surface area contributed by atoms with Gasteiger partial charge in [-0.3, -0.25) is 9.48 Å². The third-order valence-corrected chi connectivity index (χ3v) is 3.64. The number of fused-ring (bicyclic) bond motifs is 1. The molecule has 23 heavy (non-hydrogen) atoms. The number of carbonyl (C=O) groups excluding carboxylic acids is 1. The Bertz CT molecular complexity index is 720. The van der Waals surface area contributed by atoms with E-state index in [4.69, 9.17) is 0 Å². The maximum atomic E-state index is 12.5. The highest BCUT2D eigenvalue weighted by Gasteiger charge is 2.33. The molecule has 2 aromatic heterocycles. The van der Waals surface area contributed by atoms with Crippen LogP contribution in [-0.4, -0.2) is 30.5 Å². The molecule has 0 bridgehead atoms. The molecule has 0 fully saturated rings. The van der Waals surface area contributed by atoms with Gasteiger partial charge in [-0.15, -0.1) is 10.2 Å². The predicted octanol–water partition coefficient (Wildman–Crippen LogP) is 1.32. The van der Waals surface area contributed by atoms with E-state index in [9.17, 15) is 18.0 Å². The van der Waals surface area contributed by atoms with Gasteiger partial charge in [-0.25, -0.2) is 0 Å². The van der Waals surface area contributed by atoms with E-state index in [1.165, 1.54) is 0 Å². The van der Waals surface area contributed by atoms with E-state index in [-0.39, 0.29) is 12.6 Å². The van der Waals surface area contributed by atoms with Gasteiger partial charge >= 0.3 is 6.18 Å². The third kappa shape index (κ3) is 3.20. The summed E-state index contributed by atoms with van der Waals surface area (Å²) in [6.07, 6.45) is -1.54. The molecule has 1 unspecified atom stereocenters. The van der Waals surface area contributed by atoms with Crippen molar-refractivity contribution in [2.45, 2.75) is 45.1 Å². The van der Waals surface area contributed by atoms with Crippen LogP contribution in [0.25, 0.3) is 0 Å². The lowest BCUT2D eigenvalue weighted by molar-refractivity contribution is -0.141. The highest BCUT2D eigenvalue weighted by molar-refractivity contribution is 5.76. The highest BCUT2D eigenvalue weighted by atomic mass is 19.4. The van der Waals surface area contributed by atoms with E-state index in [1.807, 2.05) is 4.57 Å². The Kier molecular flexibility index (Phi) is 3.82. The fourth-order valence-corrected chi connectivity index (χ4v) is 2.59. The van der Waals surface area contributed by atoms with Gasteiger partial charge in [0.25, 0.3) is 0 Å². The number of amides is 1. The van der Waals surface area contributed by atoms with Crippen LogP contribution in [0.5, 0.6) is 0 Å². The standard InChI is InChI=1S/C13H15F3N6O/c1-8(12-19-18-10-3-2-5-22(10)12)17-11(23)7-21-6-4-9(20-21)13(14,15)16/h4,6,8H,2-3,5,7H2,1H3,(H,17,23). The number of halogens is 3. The first-order valence-electron chi connectivity index (χ1n) is 7.16. The van der Waals surface area contributed by atoms with E-state index in [2.05, 4.69) is 20.6 Å². The minimum atomic E-state index is -4.52. The van der Waals surface area contributed by atoms with Crippen LogP contribution in [0.1, 0.15) is 36.7 Å². The van der Waals surface area contributed by atoms with Crippen LogP contribution in [-0.2, 0) is 30.5 Å². The number of rotatable bonds is 4. The highest BCUT2D eigenvalue weighted by Crippen LogP contribution is 2.27. The number of nitrogens with zero attached hydrogens (tertiary/aromatic N) is 5. The Morgan fingerprint density at radius 2 is 2.22 bits per heavy atom. The number of hydrogen-bond acceptors (Lipinski definition) is 4. The van der Waals surface area contributed by atoms with E-state index in [0.717, 1.165) is 42.2 Å². The van der Waals surface area contributed by atoms with Crippen LogP contribution in [0.3, 0.4) is 0 Å². The average molecular weight is 328 g/mol. The topological polar surface area (TPSA) is 77.6 Å². The van der Waals surface area contributed by atoms with Crippen molar-refractivity contribution in [1.82, 2.24) is 29.9 Å². The van der Waals surface area contributed by atoms with Crippen LogP contribution >= 0.6 is 0 Å². The number of aromatic nitrogens is 5. The van der Waals surface area contributed by atoms with E-state index in [0.29, 0.717) is 5.82 Å². The molecule has 0 spiro atoms. The first-order chi connectivity index (χ1) is 10.8. The van der Waals surface area contributed by atoms with Crippen molar-refractivity contribution in [2.75, 3.05) is 0 Å². The summed E-state index contributed by atoms with van der Waals surface area (Å²) in [4.78, 5) is 12.0. The summed E-state index contributed by atoms with van der Waals surface area (Å²) in [7, 11) is 0. The van der Waals surface area contributed by atoms with Crippen LogP contribution in [0, 0.1) is 0 Å². The summed E-state index contributed by atoms with van der Waals surface area (Å²) in [5.74, 6) is 1.11. The van der Waals surface area contributed by atoms with Crippen molar-refractivity contribution in [3.05, 3.63) is 29.6 Å². The van der Waals surface area contributed by atoms with E-state index in [1.54, 1.807) is 6.92 Å². The lowest BCUT2D eigenvalue weighted by Crippen LogP contribution is -2.31. The van der Waals surface area contributed by atoms with Crippen molar-refractivity contribution >= 4 is 5.91 Å². The molecule has 3 rings (SSSR count). The molecule has 3 heterocycles. The Morgan fingerprint density at radius 1 is 1.43 bits per heavy atom. The third-order valence-electron chi connectivity index (χ3n) is 3.64. The molecule has 0 saturated heterocycles. The Morgan fingerprint density at radius 3 is 2.91 bits per heavy atom. The van der Waals surface area contributed by atoms with Crippen LogP contribution in [0.4, 0.5) is 13.2 Å². The van der Waals surface area contributed by atoms with Crippen LogP contribution < -0.4 is 5.32 Å². The lowest BCUT2D eigenvalue weighted by atomic mass is 10.3. The molecule has 1 aliphatic rings. The summed E-state index contributed by atoms with van der Waals surface area (Å²) in [5.41, 5.74) is -1.02. The number of nitrogens with one attached hydrogen (secondary N) is 1. The van der Waals surface area contributed by atoms with Gasteiger partial charge in [-0.1, -0.05) is 0 Å². The quantitative estimate of drug-likeness (QED) is 0.918. The fourth-order valence-electron chi connectivity index (χ4n) is 2.59. The molecule has 1 amide bonds. The number of aryl methyl sites for hydroxylation is 1. The molecule has 10 heteroatoms. The van der Waals surface area contributed by atoms with Gasteiger partial charge in [0, 0.05) is 19.2 Å². The Balaban J connectivity index is 1.62. The molecule has 2 aromatic rings. The maximum Gasteiger partial charge on any atom is 0.435 e. The summed E-state index contributed by atoms with van der Waals surface area (Å²) in [6, 6.07) is 0.460. The van der Waals surface area contributed by atoms with Crippen LogP contribution in [0.2, 0.25) is 0 Å². The number of carbonyl (C=O) groups is 1. The number of alkyl halides is 3. The molecular weight excluding hydrogens is 313 g/mol. The molecule has 7 nitrogen and oxygen atoms in total. The lowest BCUT2D eigenvalue weighted by Gasteiger charge is -2.14. The normalized spacial score (nSPS) is 15.5. The molecule has 1 atom stereocenters. The predicted molar refractivity (Wildman–Crippen MR) is 72.1 cm³/mol. The molecule has 124 valence electrons. The average Bonchev–Trinajstić information content (AvgIpc) is 3.12. The summed E-state index contributed by atoms with van der Waals surface area (Å²) < 4.78 is 40.3. The summed E-state index contributed by atoms with van der Waals surface area (Å²) >= 11 is 0. The van der Waals surface area contributed by atoms with Crippen molar-refractivity contribution in [2.24, 2.45) is 0 Å². The van der Waals surface area contributed by atoms with Crippen molar-refractivity contribution in [3.63, 3.8) is 0 Å². The fraction of sp³-hybridized carbons (Fsp3) is 0.538. The molecule has 0 aliphatic carbocycles. The van der Waals surface area contributed by atoms with Crippen LogP contribution in [0.15, 0.2) is 12.3 Å². The van der Waals surface area contributed by atoms with Gasteiger partial charge in [0.05, 0.1) is 6.04 Å². The zero-order valence-corrected chi connectivity index (χ0v) is 12.3. The summed E-state index contributed by atoms with van der Waals surface area (Å²) in [6.45, 7) is 2.28. The van der Waals surface area contributed by atoms with Crippen molar-refractivity contribution in [1.29, 1.82) is 0 Å². The number of hydrogen-bond donors (Lipinski definition) is 1. The van der Waals surface area contributed by atoms with E-state index >= 15 is 0 Å². The summed E-state index contributed by atoms with van der Waals surface area (Å²) in [5, 5.41) is 14.2. The first kappa shape index (κ1) is 15.5. The smallest absolute Gasteiger partial charge is 0.345 e. The van der Waals surface area contributed by atoms with Crippen molar-refractivity contribution < 1.29 is 18.0 Å². The Labute approximate surface area is 129 Å². The molecule has 1 N–H and O–H groups in total. The second-order valence-electron chi connectivity index (χ2n) is 5.42. The van der Waals surface area contributed by atoms with Crippen molar-refractivity contribution in [3.8, 4) is 0 Å². The molecule has 0 saturated carbocycles. The minimum Gasteiger partial charge on any atom is -0.345 e. The molecule has 0 radical (unpaired) electrons. The molecule has 1 aliphatic heterocycles. The molecule has 0 aromatic carbocycles. The minimum absolute atomic E-state index is 0.290. The molecular formula is C13H15F3N6O. The van der Waals surface area contributed by atoms with Gasteiger partial charge < -0.3 is 9.88 Å². The first-order valence-corrected chi connectivity index (χ1v) is 7.16. The van der Waals surface area contributed by atoms with Gasteiger partial charge in [-0.2, -0.15) is 18.3 Å².